The molecule has 0 aromatic heterocycles. The van der Waals surface area contributed by atoms with Gasteiger partial charge in [0.1, 0.15) is 12.6 Å². The molecule has 1 atom stereocenters. The van der Waals surface area contributed by atoms with E-state index in [1.165, 1.54) is 9.21 Å². The van der Waals surface area contributed by atoms with Gasteiger partial charge >= 0.3 is 0 Å². The molecule has 0 heterocycles. The zero-order chi connectivity index (χ0) is 33.4. The van der Waals surface area contributed by atoms with E-state index in [9.17, 15) is 18.0 Å². The van der Waals surface area contributed by atoms with Gasteiger partial charge in [0, 0.05) is 19.5 Å². The van der Waals surface area contributed by atoms with Gasteiger partial charge < -0.3 is 10.2 Å². The highest BCUT2D eigenvalue weighted by Crippen LogP contribution is 2.27. The van der Waals surface area contributed by atoms with Crippen LogP contribution in [0.2, 0.25) is 0 Å². The maximum Gasteiger partial charge on any atom is 0.264 e. The van der Waals surface area contributed by atoms with E-state index >= 15 is 0 Å². The van der Waals surface area contributed by atoms with E-state index in [0.29, 0.717) is 12.2 Å². The van der Waals surface area contributed by atoms with Crippen molar-refractivity contribution in [2.45, 2.75) is 65.4 Å². The Morgan fingerprint density at radius 3 is 1.96 bits per heavy atom. The quantitative estimate of drug-likeness (QED) is 0.180. The van der Waals surface area contributed by atoms with Gasteiger partial charge in [-0.25, -0.2) is 8.42 Å². The minimum Gasteiger partial charge on any atom is -0.354 e. The largest absolute Gasteiger partial charge is 0.354 e. The van der Waals surface area contributed by atoms with Crippen LogP contribution in [0.25, 0.3) is 0 Å². The van der Waals surface area contributed by atoms with Crippen LogP contribution in [-0.2, 0) is 32.6 Å². The number of nitrogens with one attached hydrogen (secondary N) is 1. The molecule has 0 aliphatic heterocycles. The number of anilines is 1. The standard InChI is InChI=1S/C38H45N3O4S/c1-27(2)24-39-38(43)36(23-32-12-8-7-9-13-32)40(25-33-14-10-11-29(4)20-33)37(42)26-41(34-21-30(5)19-31(6)22-34)46(44,45)35-17-15-28(3)16-18-35/h7-22,27,36H,23-26H2,1-6H3,(H,39,43). The summed E-state index contributed by atoms with van der Waals surface area (Å²) in [5.74, 6) is -0.545. The number of nitrogens with zero attached hydrogens (tertiary/aromatic N) is 2. The molecule has 2 amide bonds. The molecule has 0 aliphatic rings. The minimum absolute atomic E-state index is 0.0887. The van der Waals surface area contributed by atoms with Crippen molar-refractivity contribution in [3.63, 3.8) is 0 Å². The molecule has 4 aromatic rings. The zero-order valence-corrected chi connectivity index (χ0v) is 28.5. The summed E-state index contributed by atoms with van der Waals surface area (Å²) in [5, 5.41) is 3.03. The Morgan fingerprint density at radius 2 is 1.35 bits per heavy atom. The van der Waals surface area contributed by atoms with Crippen molar-refractivity contribution in [2.24, 2.45) is 5.92 Å². The van der Waals surface area contributed by atoms with Crippen LogP contribution in [0.1, 0.15) is 47.2 Å². The summed E-state index contributed by atoms with van der Waals surface area (Å²) in [6.07, 6.45) is 0.274. The van der Waals surface area contributed by atoms with Gasteiger partial charge in [-0.1, -0.05) is 97.8 Å². The molecule has 0 bridgehead atoms. The molecule has 0 saturated heterocycles. The molecule has 46 heavy (non-hydrogen) atoms. The van der Waals surface area contributed by atoms with Crippen LogP contribution in [0.15, 0.2) is 102 Å². The average Bonchev–Trinajstić information content (AvgIpc) is 3.00. The summed E-state index contributed by atoms with van der Waals surface area (Å²) >= 11 is 0. The molecule has 4 aromatic carbocycles. The van der Waals surface area contributed by atoms with E-state index in [2.05, 4.69) is 5.32 Å². The van der Waals surface area contributed by atoms with Crippen LogP contribution in [0.5, 0.6) is 0 Å². The van der Waals surface area contributed by atoms with E-state index in [-0.39, 0.29) is 29.7 Å². The number of aryl methyl sites for hydroxylation is 4. The Kier molecular flexibility index (Phi) is 11.4. The fourth-order valence-electron chi connectivity index (χ4n) is 5.44. The number of amides is 2. The Balaban J connectivity index is 1.82. The monoisotopic (exact) mass is 639 g/mol. The third-order valence-corrected chi connectivity index (χ3v) is 9.56. The minimum atomic E-state index is -4.15. The van der Waals surface area contributed by atoms with Crippen LogP contribution in [0.4, 0.5) is 5.69 Å². The van der Waals surface area contributed by atoms with E-state index in [1.54, 1.807) is 36.4 Å². The van der Waals surface area contributed by atoms with Crippen molar-refractivity contribution in [1.82, 2.24) is 10.2 Å². The first-order valence-electron chi connectivity index (χ1n) is 15.7. The van der Waals surface area contributed by atoms with Crippen molar-refractivity contribution >= 4 is 27.5 Å². The number of sulfonamides is 1. The zero-order valence-electron chi connectivity index (χ0n) is 27.7. The van der Waals surface area contributed by atoms with Gasteiger partial charge in [0.25, 0.3) is 10.0 Å². The molecule has 1 unspecified atom stereocenters. The first-order valence-corrected chi connectivity index (χ1v) is 17.1. The molecular formula is C38H45N3O4S. The Labute approximate surface area is 274 Å². The molecule has 0 fully saturated rings. The van der Waals surface area contributed by atoms with E-state index in [0.717, 1.165) is 33.4 Å². The normalized spacial score (nSPS) is 12.1. The van der Waals surface area contributed by atoms with Gasteiger partial charge in [-0.05, 0) is 80.1 Å². The summed E-state index contributed by atoms with van der Waals surface area (Å²) in [5.41, 5.74) is 5.83. The molecule has 8 heteroatoms. The second-order valence-electron chi connectivity index (χ2n) is 12.5. The number of hydrogen-bond donors (Lipinski definition) is 1. The highest BCUT2D eigenvalue weighted by Gasteiger charge is 2.34. The number of carbonyl (C=O) groups excluding carboxylic acids is 2. The molecule has 0 saturated carbocycles. The Hall–Kier alpha value is -4.43. The number of carbonyl (C=O) groups is 2. The van der Waals surface area contributed by atoms with Gasteiger partial charge in [0.05, 0.1) is 10.6 Å². The van der Waals surface area contributed by atoms with E-state index < -0.39 is 28.5 Å². The average molecular weight is 640 g/mol. The fourth-order valence-corrected chi connectivity index (χ4v) is 6.84. The first-order chi connectivity index (χ1) is 21.8. The van der Waals surface area contributed by atoms with Gasteiger partial charge in [-0.2, -0.15) is 0 Å². The van der Waals surface area contributed by atoms with Crippen molar-refractivity contribution in [2.75, 3.05) is 17.4 Å². The summed E-state index contributed by atoms with van der Waals surface area (Å²) in [7, 11) is -4.15. The Morgan fingerprint density at radius 1 is 0.717 bits per heavy atom. The number of rotatable bonds is 13. The van der Waals surface area contributed by atoms with E-state index in [4.69, 9.17) is 0 Å². The smallest absolute Gasteiger partial charge is 0.264 e. The lowest BCUT2D eigenvalue weighted by molar-refractivity contribution is -0.140. The van der Waals surface area contributed by atoms with E-state index in [1.807, 2.05) is 102 Å². The molecule has 0 spiro atoms. The van der Waals surface area contributed by atoms with Crippen LogP contribution < -0.4 is 9.62 Å². The molecule has 1 N–H and O–H groups in total. The summed E-state index contributed by atoms with van der Waals surface area (Å²) in [6.45, 7) is 11.8. The lowest BCUT2D eigenvalue weighted by Gasteiger charge is -2.34. The molecular weight excluding hydrogens is 595 g/mol. The van der Waals surface area contributed by atoms with Gasteiger partial charge in [-0.15, -0.1) is 0 Å². The topological polar surface area (TPSA) is 86.8 Å². The first kappa shape index (κ1) is 34.4. The van der Waals surface area contributed by atoms with Crippen molar-refractivity contribution in [3.05, 3.63) is 130 Å². The van der Waals surface area contributed by atoms with Crippen LogP contribution in [0.3, 0.4) is 0 Å². The SMILES string of the molecule is Cc1ccc(S(=O)(=O)N(CC(=O)N(Cc2cccc(C)c2)C(Cc2ccccc2)C(=O)NCC(C)C)c2cc(C)cc(C)c2)cc1. The molecule has 7 nitrogen and oxygen atoms in total. The van der Waals surface area contributed by atoms with Crippen molar-refractivity contribution < 1.29 is 18.0 Å². The molecule has 0 aliphatic carbocycles. The lowest BCUT2D eigenvalue weighted by Crippen LogP contribution is -2.53. The predicted octanol–water partition coefficient (Wildman–Crippen LogP) is 6.53. The van der Waals surface area contributed by atoms with Gasteiger partial charge in [0.15, 0.2) is 0 Å². The highest BCUT2D eigenvalue weighted by molar-refractivity contribution is 7.92. The van der Waals surface area contributed by atoms with Crippen LogP contribution >= 0.6 is 0 Å². The molecule has 0 radical (unpaired) electrons. The van der Waals surface area contributed by atoms with Gasteiger partial charge in [0.2, 0.25) is 11.8 Å². The lowest BCUT2D eigenvalue weighted by atomic mass is 10.0. The van der Waals surface area contributed by atoms with Crippen LogP contribution in [-0.4, -0.2) is 44.3 Å². The summed E-state index contributed by atoms with van der Waals surface area (Å²) in [4.78, 5) is 30.2. The van der Waals surface area contributed by atoms with Crippen LogP contribution in [0, 0.1) is 33.6 Å². The van der Waals surface area contributed by atoms with Gasteiger partial charge in [-0.3, -0.25) is 13.9 Å². The Bertz CT molecular complexity index is 1730. The number of hydrogen-bond acceptors (Lipinski definition) is 4. The molecule has 242 valence electrons. The second-order valence-corrected chi connectivity index (χ2v) is 14.4. The third kappa shape index (κ3) is 9.07. The predicted molar refractivity (Wildman–Crippen MR) is 185 cm³/mol. The highest BCUT2D eigenvalue weighted by atomic mass is 32.2. The van der Waals surface area contributed by atoms with Crippen molar-refractivity contribution in [1.29, 1.82) is 0 Å². The maximum atomic E-state index is 14.6. The third-order valence-electron chi connectivity index (χ3n) is 7.77. The second kappa shape index (κ2) is 15.2. The fraction of sp³-hybridized carbons (Fsp3) is 0.316. The number of benzene rings is 4. The molecule has 4 rings (SSSR count). The van der Waals surface area contributed by atoms with Crippen molar-refractivity contribution in [3.8, 4) is 0 Å². The summed E-state index contributed by atoms with van der Waals surface area (Å²) < 4.78 is 29.7. The summed E-state index contributed by atoms with van der Waals surface area (Å²) in [6, 6.07) is 28.6. The maximum absolute atomic E-state index is 14.6.